The Morgan fingerprint density at radius 2 is 1.79 bits per heavy atom. The Hall–Kier alpha value is -2.94. The van der Waals surface area contributed by atoms with E-state index in [1.54, 1.807) is 0 Å². The lowest BCUT2D eigenvalue weighted by molar-refractivity contribution is -0.138. The normalized spacial score (nSPS) is 11.5. The summed E-state index contributed by atoms with van der Waals surface area (Å²) in [5.41, 5.74) is -1.78. The van der Waals surface area contributed by atoms with Gasteiger partial charge in [0.25, 0.3) is 5.91 Å². The van der Waals surface area contributed by atoms with Crippen LogP contribution in [0.25, 0.3) is 0 Å². The highest BCUT2D eigenvalue weighted by Crippen LogP contribution is 2.34. The van der Waals surface area contributed by atoms with Crippen LogP contribution in [0.3, 0.4) is 0 Å². The van der Waals surface area contributed by atoms with Crippen molar-refractivity contribution in [2.24, 2.45) is 0 Å². The number of nitrogens with one attached hydrogen (secondary N) is 1. The first-order valence-corrected chi connectivity index (χ1v) is 8.17. The molecule has 0 saturated carbocycles. The Balaban J connectivity index is 1.80. The molecule has 0 unspecified atom stereocenters. The molecule has 0 aliphatic heterocycles. The van der Waals surface area contributed by atoms with Crippen LogP contribution in [0.15, 0.2) is 48.7 Å². The highest BCUT2D eigenvalue weighted by Gasteiger charge is 2.33. The van der Waals surface area contributed by atoms with E-state index in [2.05, 4.69) is 10.4 Å². The van der Waals surface area contributed by atoms with E-state index in [0.29, 0.717) is 0 Å². The topological polar surface area (TPSA) is 46.9 Å². The van der Waals surface area contributed by atoms with Crippen LogP contribution in [0.4, 0.5) is 27.8 Å². The molecule has 10 heteroatoms. The van der Waals surface area contributed by atoms with Gasteiger partial charge in [0.05, 0.1) is 12.1 Å². The van der Waals surface area contributed by atoms with Gasteiger partial charge in [0.1, 0.15) is 17.2 Å². The summed E-state index contributed by atoms with van der Waals surface area (Å²) in [6.07, 6.45) is -3.28. The van der Waals surface area contributed by atoms with Crippen LogP contribution in [0, 0.1) is 11.6 Å². The van der Waals surface area contributed by atoms with E-state index in [1.807, 2.05) is 0 Å². The van der Waals surface area contributed by atoms with Crippen LogP contribution >= 0.6 is 11.6 Å². The van der Waals surface area contributed by atoms with E-state index in [9.17, 15) is 26.7 Å². The molecule has 0 spiro atoms. The largest absolute Gasteiger partial charge is 0.416 e. The molecule has 3 rings (SSSR count). The fourth-order valence-electron chi connectivity index (χ4n) is 2.53. The maximum Gasteiger partial charge on any atom is 0.416 e. The van der Waals surface area contributed by atoms with E-state index >= 15 is 0 Å². The molecule has 0 aliphatic rings. The van der Waals surface area contributed by atoms with Crippen molar-refractivity contribution in [3.63, 3.8) is 0 Å². The van der Waals surface area contributed by atoms with Crippen LogP contribution in [0.2, 0.25) is 5.02 Å². The number of alkyl halides is 3. The van der Waals surface area contributed by atoms with E-state index in [-0.39, 0.29) is 22.9 Å². The van der Waals surface area contributed by atoms with Crippen LogP contribution in [-0.4, -0.2) is 15.7 Å². The first kappa shape index (κ1) is 19.8. The van der Waals surface area contributed by atoms with Crippen molar-refractivity contribution in [2.75, 3.05) is 5.32 Å². The van der Waals surface area contributed by atoms with E-state index < -0.39 is 34.8 Å². The Labute approximate surface area is 160 Å². The number of benzene rings is 2. The van der Waals surface area contributed by atoms with Crippen LogP contribution in [0.1, 0.15) is 21.5 Å². The minimum Gasteiger partial charge on any atom is -0.305 e. The average Bonchev–Trinajstić information content (AvgIpc) is 3.02. The quantitative estimate of drug-likeness (QED) is 0.600. The lowest BCUT2D eigenvalue weighted by Crippen LogP contribution is -2.16. The van der Waals surface area contributed by atoms with Gasteiger partial charge in [-0.25, -0.2) is 8.78 Å². The Kier molecular flexibility index (Phi) is 5.37. The Morgan fingerprint density at radius 3 is 2.43 bits per heavy atom. The van der Waals surface area contributed by atoms with Crippen LogP contribution < -0.4 is 5.32 Å². The minimum absolute atomic E-state index is 0.0589. The molecule has 146 valence electrons. The van der Waals surface area contributed by atoms with E-state index in [1.165, 1.54) is 24.4 Å². The molecule has 4 nitrogen and oxygen atoms in total. The molecule has 0 bridgehead atoms. The zero-order valence-electron chi connectivity index (χ0n) is 13.9. The summed E-state index contributed by atoms with van der Waals surface area (Å²) >= 11 is 5.64. The predicted molar refractivity (Wildman–Crippen MR) is 92.1 cm³/mol. The van der Waals surface area contributed by atoms with Gasteiger partial charge in [-0.3, -0.25) is 9.48 Å². The second-order valence-electron chi connectivity index (χ2n) is 5.75. The number of carbonyl (C=O) groups excluding carboxylic acids is 1. The first-order valence-electron chi connectivity index (χ1n) is 7.79. The van der Waals surface area contributed by atoms with Gasteiger partial charge in [0, 0.05) is 17.3 Å². The standard InChI is InChI=1S/C18H11ClF5N3O/c19-11-5-4-10(12(8-11)18(22,23)24)9-27-7-6-15(26-27)25-17(28)16-13(20)2-1-3-14(16)21/h1-8H,9H2,(H,25,26,28). The molecule has 1 amide bonds. The molecule has 1 aromatic heterocycles. The minimum atomic E-state index is -4.60. The van der Waals surface area contributed by atoms with Crippen molar-refractivity contribution in [1.29, 1.82) is 0 Å². The Morgan fingerprint density at radius 1 is 1.11 bits per heavy atom. The van der Waals surface area contributed by atoms with Crippen molar-refractivity contribution in [2.45, 2.75) is 12.7 Å². The number of halogens is 6. The van der Waals surface area contributed by atoms with E-state index in [0.717, 1.165) is 28.9 Å². The SMILES string of the molecule is O=C(Nc1ccn(Cc2ccc(Cl)cc2C(F)(F)F)n1)c1c(F)cccc1F. The summed E-state index contributed by atoms with van der Waals surface area (Å²) < 4.78 is 67.9. The number of hydrogen-bond acceptors (Lipinski definition) is 2. The number of amides is 1. The van der Waals surface area contributed by atoms with Crippen LogP contribution in [0.5, 0.6) is 0 Å². The van der Waals surface area contributed by atoms with Gasteiger partial charge < -0.3 is 5.32 Å². The molecular formula is C18H11ClF5N3O. The summed E-state index contributed by atoms with van der Waals surface area (Å²) in [7, 11) is 0. The van der Waals surface area contributed by atoms with Crippen molar-refractivity contribution in [3.05, 3.63) is 82.0 Å². The van der Waals surface area contributed by atoms with Gasteiger partial charge in [-0.2, -0.15) is 18.3 Å². The maximum absolute atomic E-state index is 13.6. The number of hydrogen-bond donors (Lipinski definition) is 1. The van der Waals surface area contributed by atoms with Gasteiger partial charge in [-0.15, -0.1) is 0 Å². The van der Waals surface area contributed by atoms with Gasteiger partial charge in [-0.05, 0) is 29.8 Å². The van der Waals surface area contributed by atoms with E-state index in [4.69, 9.17) is 11.6 Å². The molecule has 0 fully saturated rings. The second kappa shape index (κ2) is 7.59. The molecule has 3 aromatic rings. The molecule has 2 aromatic carbocycles. The lowest BCUT2D eigenvalue weighted by atomic mass is 10.1. The van der Waals surface area contributed by atoms with Gasteiger partial charge in [0.15, 0.2) is 5.82 Å². The fourth-order valence-corrected chi connectivity index (χ4v) is 2.71. The van der Waals surface area contributed by atoms with Crippen molar-refractivity contribution < 1.29 is 26.7 Å². The second-order valence-corrected chi connectivity index (χ2v) is 6.19. The van der Waals surface area contributed by atoms with Crippen molar-refractivity contribution >= 4 is 23.3 Å². The molecule has 1 heterocycles. The smallest absolute Gasteiger partial charge is 0.305 e. The molecule has 0 radical (unpaired) electrons. The Bertz CT molecular complexity index is 1010. The highest BCUT2D eigenvalue weighted by molar-refractivity contribution is 6.30. The van der Waals surface area contributed by atoms with Gasteiger partial charge in [-0.1, -0.05) is 23.7 Å². The average molecular weight is 416 g/mol. The highest BCUT2D eigenvalue weighted by atomic mass is 35.5. The molecule has 28 heavy (non-hydrogen) atoms. The van der Waals surface area contributed by atoms with Gasteiger partial charge >= 0.3 is 6.18 Å². The maximum atomic E-state index is 13.6. The van der Waals surface area contributed by atoms with Crippen molar-refractivity contribution in [3.8, 4) is 0 Å². The third kappa shape index (κ3) is 4.30. The van der Waals surface area contributed by atoms with Crippen LogP contribution in [-0.2, 0) is 12.7 Å². The van der Waals surface area contributed by atoms with Gasteiger partial charge in [0.2, 0.25) is 0 Å². The lowest BCUT2D eigenvalue weighted by Gasteiger charge is -2.13. The zero-order valence-corrected chi connectivity index (χ0v) is 14.7. The number of anilines is 1. The third-order valence-electron chi connectivity index (χ3n) is 3.78. The number of carbonyl (C=O) groups is 1. The summed E-state index contributed by atoms with van der Waals surface area (Å²) in [6.45, 7) is -0.254. The molecule has 0 aliphatic carbocycles. The molecular weight excluding hydrogens is 405 g/mol. The zero-order chi connectivity index (χ0) is 20.5. The number of aromatic nitrogens is 2. The number of rotatable bonds is 4. The summed E-state index contributed by atoms with van der Waals surface area (Å²) in [5, 5.41) is 6.06. The predicted octanol–water partition coefficient (Wildman–Crippen LogP) is 5.13. The third-order valence-corrected chi connectivity index (χ3v) is 4.02. The molecule has 1 N–H and O–H groups in total. The number of nitrogens with zero attached hydrogens (tertiary/aromatic N) is 2. The summed E-state index contributed by atoms with van der Waals surface area (Å²) in [6, 6.07) is 7.61. The molecule has 0 saturated heterocycles. The fraction of sp³-hybridized carbons (Fsp3) is 0.111. The van der Waals surface area contributed by atoms with Crippen molar-refractivity contribution in [1.82, 2.24) is 9.78 Å². The molecule has 0 atom stereocenters. The summed E-state index contributed by atoms with van der Waals surface area (Å²) in [5.74, 6) is -3.24. The monoisotopic (exact) mass is 415 g/mol. The summed E-state index contributed by atoms with van der Waals surface area (Å²) in [4.78, 5) is 12.0. The first-order chi connectivity index (χ1) is 13.1.